The van der Waals surface area contributed by atoms with Crippen LogP contribution in [0.4, 0.5) is 17.3 Å². The molecule has 0 spiro atoms. The minimum Gasteiger partial charge on any atom is -0.378 e. The van der Waals surface area contributed by atoms with E-state index < -0.39 is 0 Å². The molecule has 1 N–H and O–H groups in total. The van der Waals surface area contributed by atoms with Gasteiger partial charge in [-0.1, -0.05) is 29.4 Å². The van der Waals surface area contributed by atoms with Gasteiger partial charge in [0.2, 0.25) is 5.95 Å². The second-order valence-corrected chi connectivity index (χ2v) is 8.87. The fourth-order valence-corrected chi connectivity index (χ4v) is 4.58. The Kier molecular flexibility index (Phi) is 5.17. The van der Waals surface area contributed by atoms with Gasteiger partial charge < -0.3 is 15.1 Å². The summed E-state index contributed by atoms with van der Waals surface area (Å²) < 4.78 is 1.91. The Balaban J connectivity index is 1.56. The van der Waals surface area contributed by atoms with Crippen molar-refractivity contribution in [1.29, 1.82) is 0 Å². The number of aromatic nitrogens is 4. The van der Waals surface area contributed by atoms with E-state index in [0.717, 1.165) is 19.3 Å². The Morgan fingerprint density at radius 1 is 0.906 bits per heavy atom. The summed E-state index contributed by atoms with van der Waals surface area (Å²) in [5.41, 5.74) is 8.63. The topological polar surface area (TPSA) is 62.1 Å². The summed E-state index contributed by atoms with van der Waals surface area (Å²) in [6.45, 7) is 0. The lowest BCUT2D eigenvalue weighted by molar-refractivity contribution is 0.524. The fraction of sp³-hybridized carbons (Fsp3) is 0.320. The van der Waals surface area contributed by atoms with Gasteiger partial charge >= 0.3 is 0 Å². The number of nitrogens with zero attached hydrogens (tertiary/aromatic N) is 6. The predicted molar refractivity (Wildman–Crippen MR) is 130 cm³/mol. The van der Waals surface area contributed by atoms with Gasteiger partial charge in [-0.15, -0.1) is 0 Å². The van der Waals surface area contributed by atoms with Crippen LogP contribution in [0, 0.1) is 0 Å². The molecular formula is C25H29N7. The molecule has 3 aromatic rings. The van der Waals surface area contributed by atoms with Crippen LogP contribution in [0.5, 0.6) is 0 Å². The molecule has 32 heavy (non-hydrogen) atoms. The van der Waals surface area contributed by atoms with Gasteiger partial charge in [-0.3, -0.25) is 0 Å². The number of hydrogen-bond donors (Lipinski definition) is 1. The van der Waals surface area contributed by atoms with Crippen molar-refractivity contribution in [3.8, 4) is 0 Å². The molecule has 0 saturated carbocycles. The van der Waals surface area contributed by atoms with Crippen LogP contribution in [0.3, 0.4) is 0 Å². The summed E-state index contributed by atoms with van der Waals surface area (Å²) in [5, 5.41) is 16.1. The normalized spacial score (nSPS) is 18.8. The summed E-state index contributed by atoms with van der Waals surface area (Å²) in [7, 11) is 8.24. The van der Waals surface area contributed by atoms with Gasteiger partial charge in [0.15, 0.2) is 0 Å². The third kappa shape index (κ3) is 3.64. The fourth-order valence-electron chi connectivity index (χ4n) is 4.58. The Labute approximate surface area is 189 Å². The molecule has 2 aromatic carbocycles. The highest BCUT2D eigenvalue weighted by Crippen LogP contribution is 2.43. The molecule has 1 unspecified atom stereocenters. The zero-order valence-corrected chi connectivity index (χ0v) is 19.1. The molecule has 1 aliphatic carbocycles. The van der Waals surface area contributed by atoms with E-state index in [9.17, 15) is 0 Å². The van der Waals surface area contributed by atoms with E-state index in [-0.39, 0.29) is 6.04 Å². The second-order valence-electron chi connectivity index (χ2n) is 8.87. The van der Waals surface area contributed by atoms with E-state index in [4.69, 9.17) is 0 Å². The molecule has 5 rings (SSSR count). The third-order valence-electron chi connectivity index (χ3n) is 6.31. The summed E-state index contributed by atoms with van der Waals surface area (Å²) in [4.78, 5) is 4.23. The first-order valence-corrected chi connectivity index (χ1v) is 11.0. The number of allylic oxidation sites excluding steroid dienone is 2. The van der Waals surface area contributed by atoms with Gasteiger partial charge in [0.05, 0.1) is 0 Å². The van der Waals surface area contributed by atoms with Crippen LogP contribution >= 0.6 is 0 Å². The zero-order chi connectivity index (χ0) is 22.2. The molecule has 7 nitrogen and oxygen atoms in total. The highest BCUT2D eigenvalue weighted by Gasteiger charge is 2.34. The molecule has 0 bridgehead atoms. The molecule has 2 aliphatic rings. The van der Waals surface area contributed by atoms with Gasteiger partial charge in [-0.05, 0) is 82.3 Å². The van der Waals surface area contributed by atoms with Crippen LogP contribution in [-0.4, -0.2) is 48.4 Å². The molecule has 0 fully saturated rings. The number of benzene rings is 2. The maximum absolute atomic E-state index is 4.32. The highest BCUT2D eigenvalue weighted by atomic mass is 15.6. The minimum atomic E-state index is 0.00674. The van der Waals surface area contributed by atoms with Gasteiger partial charge in [-0.25, -0.2) is 0 Å². The SMILES string of the molecule is CN(C)c1ccc(/C=C2\CCCC3=C2Nc2nnnn2C3c2ccc(N(C)C)cc2)cc1. The highest BCUT2D eigenvalue weighted by molar-refractivity contribution is 5.66. The second kappa shape index (κ2) is 8.15. The van der Waals surface area contributed by atoms with Gasteiger partial charge in [0.1, 0.15) is 6.04 Å². The van der Waals surface area contributed by atoms with E-state index in [2.05, 4.69) is 113 Å². The van der Waals surface area contributed by atoms with E-state index in [1.807, 2.05) is 4.68 Å². The summed E-state index contributed by atoms with van der Waals surface area (Å²) in [5.74, 6) is 0.696. The molecule has 164 valence electrons. The predicted octanol–water partition coefficient (Wildman–Crippen LogP) is 4.34. The molecule has 0 radical (unpaired) electrons. The number of anilines is 3. The number of hydrogen-bond acceptors (Lipinski definition) is 6. The molecule has 1 aliphatic heterocycles. The van der Waals surface area contributed by atoms with E-state index >= 15 is 0 Å². The lowest BCUT2D eigenvalue weighted by Crippen LogP contribution is -2.28. The average molecular weight is 428 g/mol. The molecule has 0 saturated heterocycles. The molecule has 2 heterocycles. The quantitative estimate of drug-likeness (QED) is 0.668. The van der Waals surface area contributed by atoms with Crippen molar-refractivity contribution in [1.82, 2.24) is 20.2 Å². The Bertz CT molecular complexity index is 1170. The lowest BCUT2D eigenvalue weighted by atomic mass is 9.83. The summed E-state index contributed by atoms with van der Waals surface area (Å²) >= 11 is 0. The number of nitrogens with one attached hydrogen (secondary N) is 1. The molecule has 0 amide bonds. The van der Waals surface area contributed by atoms with Crippen LogP contribution in [0.2, 0.25) is 0 Å². The minimum absolute atomic E-state index is 0.00674. The Morgan fingerprint density at radius 3 is 2.22 bits per heavy atom. The van der Waals surface area contributed by atoms with Crippen LogP contribution < -0.4 is 15.1 Å². The van der Waals surface area contributed by atoms with Crippen molar-refractivity contribution in [2.45, 2.75) is 25.3 Å². The van der Waals surface area contributed by atoms with Gasteiger partial charge in [-0.2, -0.15) is 4.68 Å². The van der Waals surface area contributed by atoms with Crippen molar-refractivity contribution in [2.75, 3.05) is 43.3 Å². The maximum atomic E-state index is 4.32. The third-order valence-corrected chi connectivity index (χ3v) is 6.31. The van der Waals surface area contributed by atoms with Crippen LogP contribution in [0.15, 0.2) is 65.4 Å². The Morgan fingerprint density at radius 2 is 1.56 bits per heavy atom. The van der Waals surface area contributed by atoms with Crippen LogP contribution in [0.25, 0.3) is 6.08 Å². The van der Waals surface area contributed by atoms with Crippen LogP contribution in [0.1, 0.15) is 36.4 Å². The summed E-state index contributed by atoms with van der Waals surface area (Å²) in [6, 6.07) is 17.4. The smallest absolute Gasteiger partial charge is 0.248 e. The zero-order valence-electron chi connectivity index (χ0n) is 19.1. The van der Waals surface area contributed by atoms with Crippen LogP contribution in [-0.2, 0) is 0 Å². The molecule has 7 heteroatoms. The Hall–Kier alpha value is -3.61. The number of rotatable bonds is 4. The summed E-state index contributed by atoms with van der Waals surface area (Å²) in [6.07, 6.45) is 5.48. The van der Waals surface area contributed by atoms with E-state index in [0.29, 0.717) is 5.95 Å². The number of fused-ring (bicyclic) bond motifs is 1. The van der Waals surface area contributed by atoms with E-state index in [1.165, 1.54) is 39.3 Å². The van der Waals surface area contributed by atoms with Crippen molar-refractivity contribution >= 4 is 23.4 Å². The standard InChI is InChI=1S/C25H29N7/c1-30(2)20-12-8-17(9-13-20)16-19-6-5-7-22-23(19)26-25-27-28-29-32(25)24(22)18-10-14-21(15-11-18)31(3)4/h8-16,24H,5-7H2,1-4H3,(H,26,27,29)/b19-16+. The van der Waals surface area contributed by atoms with Crippen molar-refractivity contribution in [3.05, 3.63) is 76.5 Å². The average Bonchev–Trinajstić information content (AvgIpc) is 3.26. The van der Waals surface area contributed by atoms with Crippen molar-refractivity contribution < 1.29 is 0 Å². The monoisotopic (exact) mass is 427 g/mol. The first-order valence-electron chi connectivity index (χ1n) is 11.0. The first-order chi connectivity index (χ1) is 15.5. The molecular weight excluding hydrogens is 398 g/mol. The van der Waals surface area contributed by atoms with Gasteiger partial charge in [0.25, 0.3) is 0 Å². The van der Waals surface area contributed by atoms with Crippen molar-refractivity contribution in [3.63, 3.8) is 0 Å². The first kappa shape index (κ1) is 20.3. The lowest BCUT2D eigenvalue weighted by Gasteiger charge is -2.34. The van der Waals surface area contributed by atoms with Gasteiger partial charge in [0, 0.05) is 45.3 Å². The molecule has 1 aromatic heterocycles. The van der Waals surface area contributed by atoms with E-state index in [1.54, 1.807) is 0 Å². The maximum Gasteiger partial charge on any atom is 0.248 e. The molecule has 1 atom stereocenters. The largest absolute Gasteiger partial charge is 0.378 e. The van der Waals surface area contributed by atoms with Crippen molar-refractivity contribution in [2.24, 2.45) is 0 Å². The number of tetrazole rings is 1.